The van der Waals surface area contributed by atoms with Gasteiger partial charge in [-0.15, -0.1) is 0 Å². The summed E-state index contributed by atoms with van der Waals surface area (Å²) in [5.74, 6) is 0.961. The Hall–Kier alpha value is -1.13. The maximum atomic E-state index is 9.59. The summed E-state index contributed by atoms with van der Waals surface area (Å²) in [6.07, 6.45) is 3.83. The van der Waals surface area contributed by atoms with Crippen LogP contribution >= 0.6 is 0 Å². The van der Waals surface area contributed by atoms with E-state index in [1.165, 1.54) is 0 Å². The average Bonchev–Trinajstić information content (AvgIpc) is 2.40. The first-order valence-corrected chi connectivity index (χ1v) is 6.71. The van der Waals surface area contributed by atoms with Crippen molar-refractivity contribution in [3.63, 3.8) is 0 Å². The summed E-state index contributed by atoms with van der Waals surface area (Å²) in [5.41, 5.74) is 0.923. The summed E-state index contributed by atoms with van der Waals surface area (Å²) in [5, 5.41) is 9.59. The molecule has 100 valence electrons. The molecule has 2 heterocycles. The Bertz CT molecular complexity index is 374. The third kappa shape index (κ3) is 3.21. The van der Waals surface area contributed by atoms with Gasteiger partial charge in [-0.25, -0.2) is 4.98 Å². The van der Waals surface area contributed by atoms with Crippen molar-refractivity contribution in [3.8, 4) is 0 Å². The minimum absolute atomic E-state index is 0.395. The van der Waals surface area contributed by atoms with Crippen LogP contribution in [0.2, 0.25) is 0 Å². The Kier molecular flexibility index (Phi) is 4.55. The second-order valence-corrected chi connectivity index (χ2v) is 4.77. The van der Waals surface area contributed by atoms with Gasteiger partial charge in [0, 0.05) is 25.9 Å². The fraction of sp³-hybridized carbons (Fsp3) is 0.643. The minimum Gasteiger partial charge on any atom is -0.389 e. The van der Waals surface area contributed by atoms with Gasteiger partial charge in [0.25, 0.3) is 0 Å². The van der Waals surface area contributed by atoms with E-state index in [0.29, 0.717) is 6.10 Å². The van der Waals surface area contributed by atoms with Crippen LogP contribution in [0.1, 0.15) is 38.4 Å². The van der Waals surface area contributed by atoms with Crippen LogP contribution < -0.4 is 4.90 Å². The van der Waals surface area contributed by atoms with Crippen molar-refractivity contribution in [2.45, 2.75) is 38.9 Å². The molecule has 4 heteroatoms. The normalized spacial score (nSPS) is 18.9. The molecule has 1 N–H and O–H groups in total. The standard InChI is InChI=1S/C14H22N2O2/c1-3-18-13-5-8-16(9-6-13)14-10-12(11(2)17)4-7-15-14/h4,7,10-11,13,17H,3,5-6,8-9H2,1-2H3/t11-/m0/s1. The van der Waals surface area contributed by atoms with Gasteiger partial charge in [0.1, 0.15) is 5.82 Å². The van der Waals surface area contributed by atoms with Crippen molar-refractivity contribution in [1.82, 2.24) is 4.98 Å². The molecule has 18 heavy (non-hydrogen) atoms. The zero-order valence-electron chi connectivity index (χ0n) is 11.2. The molecule has 0 bridgehead atoms. The molecule has 0 amide bonds. The Balaban J connectivity index is 1.98. The molecule has 1 aromatic heterocycles. The fourth-order valence-electron chi connectivity index (χ4n) is 2.35. The molecule has 1 aliphatic rings. The van der Waals surface area contributed by atoms with Crippen LogP contribution in [0, 0.1) is 0 Å². The molecule has 1 atom stereocenters. The predicted octanol–water partition coefficient (Wildman–Crippen LogP) is 2.14. The Morgan fingerprint density at radius 2 is 2.22 bits per heavy atom. The van der Waals surface area contributed by atoms with Crippen LogP contribution in [0.15, 0.2) is 18.3 Å². The van der Waals surface area contributed by atoms with Crippen molar-refractivity contribution in [3.05, 3.63) is 23.9 Å². The van der Waals surface area contributed by atoms with Gasteiger partial charge < -0.3 is 14.7 Å². The van der Waals surface area contributed by atoms with Gasteiger partial charge >= 0.3 is 0 Å². The van der Waals surface area contributed by atoms with E-state index >= 15 is 0 Å². The molecule has 0 aromatic carbocycles. The van der Waals surface area contributed by atoms with E-state index in [1.54, 1.807) is 13.1 Å². The number of hydrogen-bond donors (Lipinski definition) is 1. The second-order valence-electron chi connectivity index (χ2n) is 4.77. The lowest BCUT2D eigenvalue weighted by atomic mass is 10.1. The van der Waals surface area contributed by atoms with Crippen molar-refractivity contribution >= 4 is 5.82 Å². The van der Waals surface area contributed by atoms with Crippen LogP contribution in [0.3, 0.4) is 0 Å². The van der Waals surface area contributed by atoms with Gasteiger partial charge in [-0.2, -0.15) is 0 Å². The van der Waals surface area contributed by atoms with E-state index in [-0.39, 0.29) is 0 Å². The lowest BCUT2D eigenvalue weighted by Crippen LogP contribution is -2.37. The Labute approximate surface area is 109 Å². The number of aromatic nitrogens is 1. The van der Waals surface area contributed by atoms with E-state index in [4.69, 9.17) is 4.74 Å². The summed E-state index contributed by atoms with van der Waals surface area (Å²) in [7, 11) is 0. The molecular weight excluding hydrogens is 228 g/mol. The molecule has 1 aliphatic heterocycles. The largest absolute Gasteiger partial charge is 0.389 e. The van der Waals surface area contributed by atoms with Crippen LogP contribution in [0.25, 0.3) is 0 Å². The zero-order valence-corrected chi connectivity index (χ0v) is 11.2. The molecule has 0 aliphatic carbocycles. The van der Waals surface area contributed by atoms with E-state index < -0.39 is 6.10 Å². The number of aliphatic hydroxyl groups excluding tert-OH is 1. The van der Waals surface area contributed by atoms with Crippen LogP contribution in [0.5, 0.6) is 0 Å². The number of piperidine rings is 1. The van der Waals surface area contributed by atoms with Gasteiger partial charge in [0.05, 0.1) is 12.2 Å². The number of ether oxygens (including phenoxy) is 1. The maximum absolute atomic E-state index is 9.59. The van der Waals surface area contributed by atoms with Gasteiger partial charge in [0.2, 0.25) is 0 Å². The maximum Gasteiger partial charge on any atom is 0.128 e. The van der Waals surface area contributed by atoms with Gasteiger partial charge in [-0.3, -0.25) is 0 Å². The SMILES string of the molecule is CCOC1CCN(c2cc([C@H](C)O)ccn2)CC1. The molecule has 2 rings (SSSR count). The molecule has 0 radical (unpaired) electrons. The van der Waals surface area contributed by atoms with Gasteiger partial charge in [-0.1, -0.05) is 0 Å². The molecule has 0 unspecified atom stereocenters. The molecule has 0 saturated carbocycles. The fourth-order valence-corrected chi connectivity index (χ4v) is 2.35. The lowest BCUT2D eigenvalue weighted by molar-refractivity contribution is 0.0458. The van der Waals surface area contributed by atoms with Crippen molar-refractivity contribution in [2.75, 3.05) is 24.6 Å². The van der Waals surface area contributed by atoms with Crippen molar-refractivity contribution in [2.24, 2.45) is 0 Å². The predicted molar refractivity (Wildman–Crippen MR) is 71.7 cm³/mol. The van der Waals surface area contributed by atoms with Gasteiger partial charge in [0.15, 0.2) is 0 Å². The summed E-state index contributed by atoms with van der Waals surface area (Å²) in [6.45, 7) is 6.56. The van der Waals surface area contributed by atoms with Crippen LogP contribution in [0.4, 0.5) is 5.82 Å². The molecule has 0 spiro atoms. The monoisotopic (exact) mass is 250 g/mol. The average molecular weight is 250 g/mol. The van der Waals surface area contributed by atoms with E-state index in [0.717, 1.165) is 43.9 Å². The van der Waals surface area contributed by atoms with E-state index in [9.17, 15) is 5.11 Å². The molecule has 1 aromatic rings. The Morgan fingerprint density at radius 3 is 2.83 bits per heavy atom. The minimum atomic E-state index is -0.437. The third-order valence-electron chi connectivity index (χ3n) is 3.42. The van der Waals surface area contributed by atoms with E-state index in [1.807, 2.05) is 19.1 Å². The molecule has 1 fully saturated rings. The zero-order chi connectivity index (χ0) is 13.0. The highest BCUT2D eigenvalue weighted by Gasteiger charge is 2.20. The highest BCUT2D eigenvalue weighted by atomic mass is 16.5. The highest BCUT2D eigenvalue weighted by Crippen LogP contribution is 2.22. The van der Waals surface area contributed by atoms with Crippen LogP contribution in [-0.4, -0.2) is 35.9 Å². The Morgan fingerprint density at radius 1 is 1.50 bits per heavy atom. The van der Waals surface area contributed by atoms with Gasteiger partial charge in [-0.05, 0) is 44.4 Å². The highest BCUT2D eigenvalue weighted by molar-refractivity contribution is 5.42. The van der Waals surface area contributed by atoms with E-state index in [2.05, 4.69) is 9.88 Å². The number of hydrogen-bond acceptors (Lipinski definition) is 4. The third-order valence-corrected chi connectivity index (χ3v) is 3.42. The topological polar surface area (TPSA) is 45.6 Å². The van der Waals surface area contributed by atoms with Crippen LogP contribution in [-0.2, 0) is 4.74 Å². The summed E-state index contributed by atoms with van der Waals surface area (Å²) in [4.78, 5) is 6.66. The quantitative estimate of drug-likeness (QED) is 0.889. The molecular formula is C14H22N2O2. The summed E-state index contributed by atoms with van der Waals surface area (Å²) >= 11 is 0. The molecule has 4 nitrogen and oxygen atoms in total. The molecule has 1 saturated heterocycles. The number of anilines is 1. The first-order chi connectivity index (χ1) is 8.70. The number of pyridine rings is 1. The first-order valence-electron chi connectivity index (χ1n) is 6.71. The number of nitrogens with zero attached hydrogens (tertiary/aromatic N) is 2. The summed E-state index contributed by atoms with van der Waals surface area (Å²) in [6, 6.07) is 3.84. The first kappa shape index (κ1) is 13.3. The second kappa shape index (κ2) is 6.16. The lowest BCUT2D eigenvalue weighted by Gasteiger charge is -2.32. The summed E-state index contributed by atoms with van der Waals surface area (Å²) < 4.78 is 5.64. The number of rotatable bonds is 4. The van der Waals surface area contributed by atoms with Crippen molar-refractivity contribution in [1.29, 1.82) is 0 Å². The van der Waals surface area contributed by atoms with Crippen molar-refractivity contribution < 1.29 is 9.84 Å². The number of aliphatic hydroxyl groups is 1. The smallest absolute Gasteiger partial charge is 0.128 e.